The third-order valence-corrected chi connectivity index (χ3v) is 7.55. The van der Waals surface area contributed by atoms with Gasteiger partial charge < -0.3 is 4.98 Å². The number of nitrogens with one attached hydrogen (secondary N) is 1. The molecule has 6 nitrogen and oxygen atoms in total. The van der Waals surface area contributed by atoms with E-state index in [-0.39, 0.29) is 35.7 Å². The number of benzene rings is 2. The molecule has 0 radical (unpaired) electrons. The van der Waals surface area contributed by atoms with Crippen molar-refractivity contribution in [3.8, 4) is 0 Å². The number of para-hydroxylation sites is 2. The average molecular weight is 443 g/mol. The predicted octanol–water partition coefficient (Wildman–Crippen LogP) is 3.57. The minimum absolute atomic E-state index is 0.0741. The number of imidazole rings is 1. The number of halogens is 2. The number of aromatic nitrogens is 2. The summed E-state index contributed by atoms with van der Waals surface area (Å²) in [6.07, 6.45) is 1.42. The summed E-state index contributed by atoms with van der Waals surface area (Å²) in [6.45, 7) is 0. The number of hydrogen-bond donors (Lipinski definition) is 1. The molecule has 1 atom stereocenters. The van der Waals surface area contributed by atoms with Gasteiger partial charge in [-0.3, -0.25) is 0 Å². The molecule has 0 fully saturated rings. The molecule has 1 heterocycles. The molecule has 3 aromatic rings. The first-order valence-corrected chi connectivity index (χ1v) is 12.5. The molecule has 0 aliphatic rings. The van der Waals surface area contributed by atoms with Crippen LogP contribution >= 0.6 is 0 Å². The topological polar surface area (TPSA) is 97.0 Å². The number of rotatable bonds is 8. The largest absolute Gasteiger partial charge is 0.329 e. The van der Waals surface area contributed by atoms with Crippen LogP contribution in [0.15, 0.2) is 47.6 Å². The van der Waals surface area contributed by atoms with Crippen LogP contribution in [0.1, 0.15) is 30.1 Å². The van der Waals surface area contributed by atoms with Gasteiger partial charge in [-0.05, 0) is 43.2 Å². The van der Waals surface area contributed by atoms with Crippen LogP contribution in [0.4, 0.5) is 8.78 Å². The number of aromatic amines is 1. The van der Waals surface area contributed by atoms with E-state index in [1.54, 1.807) is 24.3 Å². The molecule has 0 spiro atoms. The molecule has 156 valence electrons. The fourth-order valence-corrected chi connectivity index (χ4v) is 5.60. The summed E-state index contributed by atoms with van der Waals surface area (Å²) in [6, 6.07) is 9.35. The van der Waals surface area contributed by atoms with E-state index in [1.807, 2.05) is 0 Å². The van der Waals surface area contributed by atoms with Crippen molar-refractivity contribution in [3.05, 3.63) is 59.7 Å². The molecular formula is C19H20F2N2O4S2. The van der Waals surface area contributed by atoms with E-state index in [9.17, 15) is 25.6 Å². The second kappa shape index (κ2) is 8.19. The molecule has 0 saturated carbocycles. The van der Waals surface area contributed by atoms with E-state index in [0.29, 0.717) is 11.0 Å². The van der Waals surface area contributed by atoms with Crippen molar-refractivity contribution in [2.45, 2.75) is 29.7 Å². The summed E-state index contributed by atoms with van der Waals surface area (Å²) >= 11 is 0. The quantitative estimate of drug-likeness (QED) is 0.538. The van der Waals surface area contributed by atoms with Crippen LogP contribution in [0.2, 0.25) is 0 Å². The highest BCUT2D eigenvalue weighted by molar-refractivity contribution is 7.91. The number of H-pyrrole nitrogens is 1. The molecule has 1 unspecified atom stereocenters. The second-order valence-corrected chi connectivity index (χ2v) is 11.2. The van der Waals surface area contributed by atoms with Crippen molar-refractivity contribution in [2.24, 2.45) is 0 Å². The lowest BCUT2D eigenvalue weighted by atomic mass is 10.1. The van der Waals surface area contributed by atoms with Gasteiger partial charge in [0, 0.05) is 17.6 Å². The molecular weight excluding hydrogens is 422 g/mol. The first kappa shape index (κ1) is 21.4. The molecule has 2 aromatic carbocycles. The van der Waals surface area contributed by atoms with Gasteiger partial charge >= 0.3 is 0 Å². The number of fused-ring (bicyclic) bond motifs is 1. The summed E-state index contributed by atoms with van der Waals surface area (Å²) in [4.78, 5) is 6.82. The highest BCUT2D eigenvalue weighted by Gasteiger charge is 2.33. The van der Waals surface area contributed by atoms with E-state index in [0.717, 1.165) is 24.5 Å². The third-order valence-electron chi connectivity index (χ3n) is 4.55. The van der Waals surface area contributed by atoms with Gasteiger partial charge in [0.05, 0.1) is 16.3 Å². The monoisotopic (exact) mass is 442 g/mol. The van der Waals surface area contributed by atoms with Gasteiger partial charge in [-0.1, -0.05) is 18.6 Å². The van der Waals surface area contributed by atoms with Crippen molar-refractivity contribution in [1.82, 2.24) is 9.97 Å². The van der Waals surface area contributed by atoms with Crippen molar-refractivity contribution < 1.29 is 25.6 Å². The first-order chi connectivity index (χ1) is 13.6. The Morgan fingerprint density at radius 1 is 1.03 bits per heavy atom. The van der Waals surface area contributed by atoms with E-state index in [2.05, 4.69) is 9.97 Å². The minimum Gasteiger partial charge on any atom is -0.329 e. The van der Waals surface area contributed by atoms with E-state index < -0.39 is 36.6 Å². The van der Waals surface area contributed by atoms with Gasteiger partial charge in [0.1, 0.15) is 21.5 Å². The van der Waals surface area contributed by atoms with Crippen molar-refractivity contribution in [3.63, 3.8) is 0 Å². The summed E-state index contributed by atoms with van der Waals surface area (Å²) in [5.74, 6) is -1.72. The van der Waals surface area contributed by atoms with E-state index in [4.69, 9.17) is 0 Å². The molecule has 0 aliphatic carbocycles. The maximum atomic E-state index is 14.4. The van der Waals surface area contributed by atoms with Crippen LogP contribution in [0.5, 0.6) is 0 Å². The Balaban J connectivity index is 1.99. The molecule has 1 aromatic heterocycles. The molecule has 0 amide bonds. The van der Waals surface area contributed by atoms with Crippen LogP contribution in [0.25, 0.3) is 11.0 Å². The Labute approximate surface area is 167 Å². The first-order valence-electron chi connectivity index (χ1n) is 8.89. The molecule has 10 heteroatoms. The van der Waals surface area contributed by atoms with Gasteiger partial charge in [-0.2, -0.15) is 0 Å². The lowest BCUT2D eigenvalue weighted by molar-refractivity contribution is 0.540. The highest BCUT2D eigenvalue weighted by Crippen LogP contribution is 2.34. The number of nitrogens with zero attached hydrogens (tertiary/aromatic N) is 1. The smallest absolute Gasteiger partial charge is 0.226 e. The van der Waals surface area contributed by atoms with Crippen LogP contribution < -0.4 is 0 Å². The highest BCUT2D eigenvalue weighted by atomic mass is 32.2. The Hall–Kier alpha value is -2.33. The second-order valence-electron chi connectivity index (χ2n) is 6.88. The molecule has 1 N–H and O–H groups in total. The van der Waals surface area contributed by atoms with Crippen LogP contribution in [-0.4, -0.2) is 38.8 Å². The minimum atomic E-state index is -4.19. The SMILES string of the molecule is CS(=O)(=O)CCCCC(c1cc(F)ccc1F)S(=O)(=O)c1nc2ccccc2[nH]1. The van der Waals surface area contributed by atoms with Crippen molar-refractivity contribution in [1.29, 1.82) is 0 Å². The van der Waals surface area contributed by atoms with Gasteiger partial charge in [-0.25, -0.2) is 30.6 Å². The summed E-state index contributed by atoms with van der Waals surface area (Å²) < 4.78 is 77.3. The van der Waals surface area contributed by atoms with Gasteiger partial charge in [0.15, 0.2) is 0 Å². The van der Waals surface area contributed by atoms with Crippen LogP contribution in [0.3, 0.4) is 0 Å². The summed E-state index contributed by atoms with van der Waals surface area (Å²) in [7, 11) is -7.40. The van der Waals surface area contributed by atoms with Gasteiger partial charge in [0.25, 0.3) is 0 Å². The standard InChI is InChI=1S/C19H20F2N2O4S2/c1-28(24,25)11-5-4-8-18(14-12-13(20)9-10-15(14)21)29(26,27)19-22-16-6-2-3-7-17(16)23-19/h2-3,6-7,9-10,12,18H,4-5,8,11H2,1H3,(H,22,23). The van der Waals surface area contributed by atoms with Gasteiger partial charge in [-0.15, -0.1) is 0 Å². The Kier molecular flexibility index (Phi) is 6.04. The number of hydrogen-bond acceptors (Lipinski definition) is 5. The maximum Gasteiger partial charge on any atom is 0.226 e. The molecule has 0 bridgehead atoms. The maximum absolute atomic E-state index is 14.4. The average Bonchev–Trinajstić information content (AvgIpc) is 3.08. The van der Waals surface area contributed by atoms with Crippen LogP contribution in [0, 0.1) is 11.6 Å². The zero-order chi connectivity index (χ0) is 21.2. The predicted molar refractivity (Wildman–Crippen MR) is 106 cm³/mol. The molecule has 0 saturated heterocycles. The lowest BCUT2D eigenvalue weighted by Gasteiger charge is -2.17. The number of unbranched alkanes of at least 4 members (excludes halogenated alkanes) is 1. The zero-order valence-electron chi connectivity index (χ0n) is 15.6. The van der Waals surface area contributed by atoms with E-state index >= 15 is 0 Å². The number of sulfone groups is 2. The lowest BCUT2D eigenvalue weighted by Crippen LogP contribution is -2.17. The van der Waals surface area contributed by atoms with Crippen LogP contribution in [-0.2, 0) is 19.7 Å². The summed E-state index contributed by atoms with van der Waals surface area (Å²) in [5.41, 5.74) is 0.632. The fraction of sp³-hybridized carbons (Fsp3) is 0.316. The van der Waals surface area contributed by atoms with Crippen molar-refractivity contribution >= 4 is 30.7 Å². The zero-order valence-corrected chi connectivity index (χ0v) is 17.2. The fourth-order valence-electron chi connectivity index (χ4n) is 3.13. The van der Waals surface area contributed by atoms with Gasteiger partial charge in [0.2, 0.25) is 15.0 Å². The molecule has 3 rings (SSSR count). The van der Waals surface area contributed by atoms with Crippen molar-refractivity contribution in [2.75, 3.05) is 12.0 Å². The molecule has 0 aliphatic heterocycles. The Morgan fingerprint density at radius 2 is 1.76 bits per heavy atom. The Bertz CT molecular complexity index is 1210. The Morgan fingerprint density at radius 3 is 2.45 bits per heavy atom. The third kappa shape index (κ3) is 4.99. The normalized spacial score (nSPS) is 13.6. The van der Waals surface area contributed by atoms with E-state index in [1.165, 1.54) is 0 Å². The summed E-state index contributed by atoms with van der Waals surface area (Å²) in [5, 5.41) is -1.74. The molecule has 29 heavy (non-hydrogen) atoms.